The third-order valence-corrected chi connectivity index (χ3v) is 2.34. The summed E-state index contributed by atoms with van der Waals surface area (Å²) in [6.07, 6.45) is 4.50. The highest BCUT2D eigenvalue weighted by Crippen LogP contribution is 2.15. The summed E-state index contributed by atoms with van der Waals surface area (Å²) >= 11 is 0. The van der Waals surface area contributed by atoms with E-state index in [2.05, 4.69) is 32.5 Å². The van der Waals surface area contributed by atoms with Crippen molar-refractivity contribution in [2.75, 3.05) is 6.54 Å². The summed E-state index contributed by atoms with van der Waals surface area (Å²) in [5.41, 5.74) is 0.952. The molecule has 16 heavy (non-hydrogen) atoms. The first-order valence-corrected chi connectivity index (χ1v) is 5.39. The highest BCUT2D eigenvalue weighted by atomic mass is 15.3. The van der Waals surface area contributed by atoms with Gasteiger partial charge in [0.05, 0.1) is 5.69 Å². The summed E-state index contributed by atoms with van der Waals surface area (Å²) in [5, 5.41) is 14.5. The summed E-state index contributed by atoms with van der Waals surface area (Å²) in [6, 6.07) is 1.97. The van der Waals surface area contributed by atoms with Gasteiger partial charge in [-0.05, 0) is 19.0 Å². The van der Waals surface area contributed by atoms with Crippen LogP contribution in [0.25, 0.3) is 0 Å². The molecule has 1 unspecified atom stereocenters. The van der Waals surface area contributed by atoms with Crippen LogP contribution in [0.5, 0.6) is 0 Å². The van der Waals surface area contributed by atoms with Gasteiger partial charge in [-0.3, -0.25) is 9.78 Å². The summed E-state index contributed by atoms with van der Waals surface area (Å²) in [6.45, 7) is 3.05. The zero-order valence-electron chi connectivity index (χ0n) is 9.51. The molecule has 6 nitrogen and oxygen atoms in total. The summed E-state index contributed by atoms with van der Waals surface area (Å²) in [4.78, 5) is 4.18. The van der Waals surface area contributed by atoms with Gasteiger partial charge in [0.25, 0.3) is 0 Å². The Balaban J connectivity index is 2.21. The number of aromatic amines is 1. The second kappa shape index (κ2) is 4.89. The maximum Gasteiger partial charge on any atom is 0.147 e. The van der Waals surface area contributed by atoms with E-state index in [1.54, 1.807) is 4.68 Å². The fourth-order valence-corrected chi connectivity index (χ4v) is 1.57. The number of H-pyrrole nitrogens is 1. The van der Waals surface area contributed by atoms with E-state index in [-0.39, 0.29) is 6.04 Å². The van der Waals surface area contributed by atoms with Crippen molar-refractivity contribution in [1.29, 1.82) is 0 Å². The van der Waals surface area contributed by atoms with E-state index in [0.717, 1.165) is 24.5 Å². The molecule has 6 heteroatoms. The monoisotopic (exact) mass is 220 g/mol. The zero-order chi connectivity index (χ0) is 11.4. The van der Waals surface area contributed by atoms with Crippen molar-refractivity contribution in [3.05, 3.63) is 30.1 Å². The van der Waals surface area contributed by atoms with Crippen LogP contribution in [0.3, 0.4) is 0 Å². The maximum absolute atomic E-state index is 4.39. The molecular weight excluding hydrogens is 204 g/mol. The van der Waals surface area contributed by atoms with Crippen molar-refractivity contribution in [3.8, 4) is 0 Å². The van der Waals surface area contributed by atoms with Crippen molar-refractivity contribution < 1.29 is 0 Å². The van der Waals surface area contributed by atoms with Gasteiger partial charge in [-0.15, -0.1) is 0 Å². The molecule has 0 aliphatic carbocycles. The molecule has 0 radical (unpaired) electrons. The van der Waals surface area contributed by atoms with Crippen molar-refractivity contribution >= 4 is 0 Å². The lowest BCUT2D eigenvalue weighted by molar-refractivity contribution is 0.553. The van der Waals surface area contributed by atoms with Gasteiger partial charge >= 0.3 is 0 Å². The first kappa shape index (κ1) is 10.8. The third kappa shape index (κ3) is 2.27. The van der Waals surface area contributed by atoms with E-state index in [1.807, 2.05) is 19.3 Å². The molecule has 0 aliphatic rings. The van der Waals surface area contributed by atoms with Crippen LogP contribution in [0, 0.1) is 0 Å². The highest BCUT2D eigenvalue weighted by molar-refractivity contribution is 5.14. The molecule has 0 aromatic carbocycles. The van der Waals surface area contributed by atoms with Crippen LogP contribution in [0.2, 0.25) is 0 Å². The Morgan fingerprint density at radius 2 is 2.44 bits per heavy atom. The van der Waals surface area contributed by atoms with E-state index >= 15 is 0 Å². The average Bonchev–Trinajstić information content (AvgIpc) is 2.91. The lowest BCUT2D eigenvalue weighted by atomic mass is 10.2. The van der Waals surface area contributed by atoms with Gasteiger partial charge in [0.1, 0.15) is 18.2 Å². The van der Waals surface area contributed by atoms with Gasteiger partial charge in [-0.25, -0.2) is 4.98 Å². The van der Waals surface area contributed by atoms with Crippen LogP contribution < -0.4 is 5.32 Å². The molecule has 2 rings (SSSR count). The van der Waals surface area contributed by atoms with E-state index in [9.17, 15) is 0 Å². The number of aryl methyl sites for hydroxylation is 1. The lowest BCUT2D eigenvalue weighted by Crippen LogP contribution is -2.24. The minimum Gasteiger partial charge on any atom is -0.302 e. The number of nitrogens with one attached hydrogen (secondary N) is 2. The Bertz CT molecular complexity index is 418. The van der Waals surface area contributed by atoms with Gasteiger partial charge in [0.2, 0.25) is 0 Å². The molecule has 0 saturated heterocycles. The van der Waals surface area contributed by atoms with Gasteiger partial charge in [-0.1, -0.05) is 6.92 Å². The Morgan fingerprint density at radius 1 is 1.56 bits per heavy atom. The molecule has 2 aromatic heterocycles. The van der Waals surface area contributed by atoms with Crippen LogP contribution in [-0.4, -0.2) is 31.5 Å². The number of hydrogen-bond donors (Lipinski definition) is 2. The molecule has 2 N–H and O–H groups in total. The molecule has 86 valence electrons. The normalized spacial score (nSPS) is 12.9. The molecule has 2 heterocycles. The van der Waals surface area contributed by atoms with Crippen LogP contribution in [0.1, 0.15) is 30.9 Å². The van der Waals surface area contributed by atoms with E-state index in [1.165, 1.54) is 6.33 Å². The van der Waals surface area contributed by atoms with Crippen LogP contribution in [0.15, 0.2) is 18.6 Å². The minimum atomic E-state index is -0.0105. The zero-order valence-corrected chi connectivity index (χ0v) is 9.51. The topological polar surface area (TPSA) is 71.4 Å². The van der Waals surface area contributed by atoms with Crippen molar-refractivity contribution in [3.63, 3.8) is 0 Å². The molecule has 0 fully saturated rings. The molecular formula is C10H16N6. The quantitative estimate of drug-likeness (QED) is 0.775. The maximum atomic E-state index is 4.39. The second-order valence-electron chi connectivity index (χ2n) is 3.67. The van der Waals surface area contributed by atoms with Crippen LogP contribution in [-0.2, 0) is 7.05 Å². The van der Waals surface area contributed by atoms with Crippen molar-refractivity contribution in [2.45, 2.75) is 19.4 Å². The summed E-state index contributed by atoms with van der Waals surface area (Å²) < 4.78 is 1.78. The molecule has 1 atom stereocenters. The van der Waals surface area contributed by atoms with E-state index in [4.69, 9.17) is 0 Å². The first-order chi connectivity index (χ1) is 7.81. The fraction of sp³-hybridized carbons (Fsp3) is 0.500. The largest absolute Gasteiger partial charge is 0.302 e. The molecule has 0 aliphatic heterocycles. The fourth-order valence-electron chi connectivity index (χ4n) is 1.57. The molecule has 0 amide bonds. The number of aromatic nitrogens is 5. The van der Waals surface area contributed by atoms with Crippen LogP contribution in [0.4, 0.5) is 0 Å². The molecule has 2 aromatic rings. The third-order valence-electron chi connectivity index (χ3n) is 2.34. The first-order valence-electron chi connectivity index (χ1n) is 5.39. The SMILES string of the molecule is CCCNC(c1ccn(C)n1)c1ncn[nH]1. The number of nitrogens with zero attached hydrogens (tertiary/aromatic N) is 4. The van der Waals surface area contributed by atoms with Crippen LogP contribution >= 0.6 is 0 Å². The lowest BCUT2D eigenvalue weighted by Gasteiger charge is -2.13. The molecule has 0 bridgehead atoms. The van der Waals surface area contributed by atoms with Gasteiger partial charge in [0, 0.05) is 13.2 Å². The Hall–Kier alpha value is -1.69. The predicted octanol–water partition coefficient (Wildman–Crippen LogP) is 0.627. The second-order valence-corrected chi connectivity index (χ2v) is 3.67. The van der Waals surface area contributed by atoms with Crippen molar-refractivity contribution in [2.24, 2.45) is 7.05 Å². The predicted molar refractivity (Wildman–Crippen MR) is 59.7 cm³/mol. The highest BCUT2D eigenvalue weighted by Gasteiger charge is 2.18. The standard InChI is InChI=1S/C10H16N6/c1-3-5-11-9(10-12-7-13-14-10)8-4-6-16(2)15-8/h4,6-7,9,11H,3,5H2,1-2H3,(H,12,13,14). The Morgan fingerprint density at radius 3 is 3.00 bits per heavy atom. The van der Waals surface area contributed by atoms with E-state index in [0.29, 0.717) is 0 Å². The smallest absolute Gasteiger partial charge is 0.147 e. The number of hydrogen-bond acceptors (Lipinski definition) is 4. The van der Waals surface area contributed by atoms with Gasteiger partial charge in [0.15, 0.2) is 0 Å². The average molecular weight is 220 g/mol. The van der Waals surface area contributed by atoms with Gasteiger partial charge < -0.3 is 5.32 Å². The molecule has 0 saturated carbocycles. The minimum absolute atomic E-state index is 0.0105. The Kier molecular flexibility index (Phi) is 3.31. The summed E-state index contributed by atoms with van der Waals surface area (Å²) in [5.74, 6) is 0.798. The van der Waals surface area contributed by atoms with E-state index < -0.39 is 0 Å². The summed E-state index contributed by atoms with van der Waals surface area (Å²) in [7, 11) is 1.90. The van der Waals surface area contributed by atoms with Crippen molar-refractivity contribution in [1.82, 2.24) is 30.3 Å². The van der Waals surface area contributed by atoms with Gasteiger partial charge in [-0.2, -0.15) is 10.2 Å². The number of rotatable bonds is 5. The molecule has 0 spiro atoms. The Labute approximate surface area is 94.1 Å².